The number of rotatable bonds is 10. The van der Waals surface area contributed by atoms with Gasteiger partial charge in [-0.25, -0.2) is 13.2 Å². The first-order valence-corrected chi connectivity index (χ1v) is 16.9. The Hall–Kier alpha value is -2.62. The van der Waals surface area contributed by atoms with Gasteiger partial charge in [0.1, 0.15) is 34.8 Å². The van der Waals surface area contributed by atoms with Crippen LogP contribution in [0.5, 0.6) is 5.75 Å². The van der Waals surface area contributed by atoms with E-state index in [1.54, 1.807) is 0 Å². The zero-order valence-corrected chi connectivity index (χ0v) is 25.9. The molecule has 0 bridgehead atoms. The van der Waals surface area contributed by atoms with E-state index < -0.39 is 35.0 Å². The molecule has 2 aromatic rings. The van der Waals surface area contributed by atoms with Crippen molar-refractivity contribution in [2.75, 3.05) is 0 Å². The molecule has 0 radical (unpaired) electrons. The summed E-state index contributed by atoms with van der Waals surface area (Å²) in [5.41, 5.74) is -1.07. The largest absolute Gasteiger partial charge is 0.432 e. The van der Waals surface area contributed by atoms with Crippen LogP contribution in [-0.4, -0.2) is 6.11 Å². The van der Waals surface area contributed by atoms with Crippen LogP contribution >= 0.6 is 0 Å². The molecule has 0 aliphatic heterocycles. The molecule has 2 nitrogen and oxygen atoms in total. The number of unbranched alkanes of at least 4 members (excludes halogenated alkanes) is 2. The minimum atomic E-state index is -3.45. The molecular weight excluding hydrogens is 569 g/mol. The number of ether oxygens (including phenoxy) is 1. The van der Waals surface area contributed by atoms with Crippen molar-refractivity contribution in [3.8, 4) is 22.9 Å². The number of nitriles is 1. The Morgan fingerprint density at radius 1 is 0.727 bits per heavy atom. The van der Waals surface area contributed by atoms with Crippen LogP contribution in [0.15, 0.2) is 30.3 Å². The Balaban J connectivity index is 1.08. The first-order chi connectivity index (χ1) is 21.2. The number of halogens is 5. The first-order valence-electron chi connectivity index (χ1n) is 16.9. The fourth-order valence-corrected chi connectivity index (χ4v) is 8.52. The molecule has 2 aromatic carbocycles. The molecular formula is C37H46F5NO. The smallest absolute Gasteiger partial charge is 0.400 e. The van der Waals surface area contributed by atoms with Gasteiger partial charge in [0.05, 0.1) is 5.92 Å². The monoisotopic (exact) mass is 615 g/mol. The molecule has 3 aliphatic carbocycles. The van der Waals surface area contributed by atoms with E-state index in [9.17, 15) is 13.2 Å². The van der Waals surface area contributed by atoms with E-state index in [-0.39, 0.29) is 16.9 Å². The lowest BCUT2D eigenvalue weighted by Gasteiger charge is -2.42. The second-order valence-electron chi connectivity index (χ2n) is 13.8. The van der Waals surface area contributed by atoms with Crippen molar-refractivity contribution in [3.05, 3.63) is 53.3 Å². The lowest BCUT2D eigenvalue weighted by Crippen LogP contribution is -2.38. The molecule has 0 atom stereocenters. The maximum atomic E-state index is 15.2. The van der Waals surface area contributed by atoms with Gasteiger partial charge in [0, 0.05) is 11.6 Å². The molecule has 0 spiro atoms. The Morgan fingerprint density at radius 3 is 1.75 bits per heavy atom. The van der Waals surface area contributed by atoms with Crippen LogP contribution in [0.25, 0.3) is 11.1 Å². The molecule has 3 fully saturated rings. The molecule has 0 saturated heterocycles. The van der Waals surface area contributed by atoms with Crippen LogP contribution < -0.4 is 4.74 Å². The first kappa shape index (κ1) is 32.8. The fraction of sp³-hybridized carbons (Fsp3) is 0.649. The summed E-state index contributed by atoms with van der Waals surface area (Å²) in [6.07, 6.45) is 14.9. The van der Waals surface area contributed by atoms with Gasteiger partial charge in [-0.1, -0.05) is 45.4 Å². The van der Waals surface area contributed by atoms with Crippen molar-refractivity contribution in [3.63, 3.8) is 0 Å². The third kappa shape index (κ3) is 7.77. The van der Waals surface area contributed by atoms with Crippen molar-refractivity contribution >= 4 is 0 Å². The highest BCUT2D eigenvalue weighted by atomic mass is 19.3. The summed E-state index contributed by atoms with van der Waals surface area (Å²) in [6.45, 7) is 2.27. The number of hydrogen-bond acceptors (Lipinski definition) is 2. The van der Waals surface area contributed by atoms with Crippen LogP contribution in [0.1, 0.15) is 115 Å². The molecule has 0 amide bonds. The number of nitrogens with zero attached hydrogens (tertiary/aromatic N) is 1. The lowest BCUT2D eigenvalue weighted by atomic mass is 9.65. The van der Waals surface area contributed by atoms with Crippen molar-refractivity contribution < 1.29 is 26.7 Å². The summed E-state index contributed by atoms with van der Waals surface area (Å²) in [4.78, 5) is 0. The Bertz CT molecular complexity index is 1260. The normalized spacial score (nSPS) is 27.9. The van der Waals surface area contributed by atoms with E-state index in [1.165, 1.54) is 89.2 Å². The van der Waals surface area contributed by atoms with Gasteiger partial charge in [-0.3, -0.25) is 0 Å². The summed E-state index contributed by atoms with van der Waals surface area (Å²) in [6, 6.07) is 6.28. The molecule has 7 heteroatoms. The van der Waals surface area contributed by atoms with Crippen molar-refractivity contribution in [2.45, 2.75) is 116 Å². The van der Waals surface area contributed by atoms with Gasteiger partial charge in [0.2, 0.25) is 0 Å². The van der Waals surface area contributed by atoms with Gasteiger partial charge in [0.25, 0.3) is 0 Å². The standard InChI is InChI=1S/C37H46F5NO/c1-2-3-4-5-24-6-8-25(9-7-24)26-10-12-27(13-11-26)28-14-16-30(17-15-28)37(41,42)44-31-18-19-32(36(40)22-31)29-20-34(38)33(23-43)35(39)21-29/h18-22,24-28,30H,2-17H2,1H3. The maximum Gasteiger partial charge on any atom is 0.400 e. The topological polar surface area (TPSA) is 33.0 Å². The summed E-state index contributed by atoms with van der Waals surface area (Å²) >= 11 is 0. The van der Waals surface area contributed by atoms with Gasteiger partial charge < -0.3 is 4.74 Å². The van der Waals surface area contributed by atoms with Gasteiger partial charge in [-0.05, 0) is 124 Å². The maximum absolute atomic E-state index is 15.2. The van der Waals surface area contributed by atoms with Crippen molar-refractivity contribution in [1.82, 2.24) is 0 Å². The molecule has 0 unspecified atom stereocenters. The second kappa shape index (κ2) is 14.6. The third-order valence-electron chi connectivity index (χ3n) is 11.2. The predicted molar refractivity (Wildman–Crippen MR) is 163 cm³/mol. The fourth-order valence-electron chi connectivity index (χ4n) is 8.52. The number of benzene rings is 2. The van der Waals surface area contributed by atoms with E-state index >= 15 is 8.78 Å². The minimum absolute atomic E-state index is 0.132. The highest BCUT2D eigenvalue weighted by Crippen LogP contribution is 2.48. The van der Waals surface area contributed by atoms with Gasteiger partial charge >= 0.3 is 6.11 Å². The molecule has 3 saturated carbocycles. The van der Waals surface area contributed by atoms with Crippen molar-refractivity contribution in [1.29, 1.82) is 5.26 Å². The van der Waals surface area contributed by atoms with Crippen LogP contribution in [-0.2, 0) is 0 Å². The molecule has 0 aromatic heterocycles. The highest BCUT2D eigenvalue weighted by Gasteiger charge is 2.45. The van der Waals surface area contributed by atoms with E-state index in [2.05, 4.69) is 6.92 Å². The molecule has 3 aliphatic rings. The minimum Gasteiger partial charge on any atom is -0.432 e. The van der Waals surface area contributed by atoms with E-state index in [0.29, 0.717) is 24.7 Å². The van der Waals surface area contributed by atoms with E-state index in [1.807, 2.05) is 0 Å². The van der Waals surface area contributed by atoms with Crippen molar-refractivity contribution in [2.24, 2.45) is 35.5 Å². The Labute approximate surface area is 259 Å². The molecule has 44 heavy (non-hydrogen) atoms. The summed E-state index contributed by atoms with van der Waals surface area (Å²) in [5, 5.41) is 8.84. The van der Waals surface area contributed by atoms with Crippen LogP contribution in [0, 0.1) is 64.3 Å². The highest BCUT2D eigenvalue weighted by molar-refractivity contribution is 5.66. The average molecular weight is 616 g/mol. The quantitative estimate of drug-likeness (QED) is 0.197. The molecule has 0 heterocycles. The number of hydrogen-bond donors (Lipinski definition) is 0. The number of alkyl halides is 2. The van der Waals surface area contributed by atoms with Gasteiger partial charge in [-0.2, -0.15) is 14.0 Å². The predicted octanol–water partition coefficient (Wildman–Crippen LogP) is 11.6. The summed E-state index contributed by atoms with van der Waals surface area (Å²) in [5.74, 6) is -0.660. The van der Waals surface area contributed by atoms with Crippen LogP contribution in [0.2, 0.25) is 0 Å². The van der Waals surface area contributed by atoms with Crippen LogP contribution in [0.3, 0.4) is 0 Å². The Kier molecular flexibility index (Phi) is 10.9. The summed E-state index contributed by atoms with van der Waals surface area (Å²) in [7, 11) is 0. The zero-order valence-electron chi connectivity index (χ0n) is 25.9. The molecule has 5 rings (SSSR count). The molecule has 0 N–H and O–H groups in total. The van der Waals surface area contributed by atoms with Gasteiger partial charge in [-0.15, -0.1) is 0 Å². The summed E-state index contributed by atoms with van der Waals surface area (Å²) < 4.78 is 78.3. The van der Waals surface area contributed by atoms with Gasteiger partial charge in [0.15, 0.2) is 0 Å². The molecule has 240 valence electrons. The SMILES string of the molecule is CCCCCC1CCC(C2CCC(C3CCC(C(F)(F)Oc4ccc(-c5cc(F)c(C#N)c(F)c5)c(F)c4)CC3)CC2)CC1. The average Bonchev–Trinajstić information content (AvgIpc) is 3.01. The van der Waals surface area contributed by atoms with Crippen LogP contribution in [0.4, 0.5) is 22.0 Å². The second-order valence-corrected chi connectivity index (χ2v) is 13.8. The third-order valence-corrected chi connectivity index (χ3v) is 11.2. The zero-order chi connectivity index (χ0) is 31.3. The Morgan fingerprint density at radius 2 is 1.25 bits per heavy atom. The van der Waals surface area contributed by atoms with E-state index in [4.69, 9.17) is 10.00 Å². The van der Waals surface area contributed by atoms with E-state index in [0.717, 1.165) is 54.9 Å². The lowest BCUT2D eigenvalue weighted by molar-refractivity contribution is -0.224.